The van der Waals surface area contributed by atoms with Crippen molar-refractivity contribution in [2.75, 3.05) is 9.80 Å². The molecule has 17 rings (SSSR count). The summed E-state index contributed by atoms with van der Waals surface area (Å²) in [4.78, 5) is 20.4. The minimum absolute atomic E-state index is 0.0750. The van der Waals surface area contributed by atoms with Gasteiger partial charge in [0.05, 0.1) is 22.1 Å². The van der Waals surface area contributed by atoms with Crippen LogP contribution in [0, 0.1) is 0 Å². The monoisotopic (exact) mass is 1060 g/mol. The van der Waals surface area contributed by atoms with E-state index in [9.17, 15) is 0 Å². The molecule has 0 saturated carbocycles. The maximum absolute atomic E-state index is 6.77. The molecule has 0 bridgehead atoms. The van der Waals surface area contributed by atoms with Gasteiger partial charge in [-0.2, -0.15) is 0 Å². The zero-order valence-electron chi connectivity index (χ0n) is 44.8. The van der Waals surface area contributed by atoms with Gasteiger partial charge in [0.2, 0.25) is 0 Å². The Kier molecular flexibility index (Phi) is 10.6. The molecular formula is C75H47BN6O. The van der Waals surface area contributed by atoms with E-state index in [0.717, 1.165) is 99.8 Å². The van der Waals surface area contributed by atoms with E-state index in [-0.39, 0.29) is 6.71 Å². The van der Waals surface area contributed by atoms with E-state index < -0.39 is 0 Å². The lowest BCUT2D eigenvalue weighted by Crippen LogP contribution is -2.61. The highest BCUT2D eigenvalue weighted by molar-refractivity contribution is 7.00. The van der Waals surface area contributed by atoms with Gasteiger partial charge in [0.1, 0.15) is 11.2 Å². The molecule has 0 saturated heterocycles. The van der Waals surface area contributed by atoms with E-state index in [1.165, 1.54) is 39.1 Å². The lowest BCUT2D eigenvalue weighted by molar-refractivity contribution is 0.673. The van der Waals surface area contributed by atoms with Crippen molar-refractivity contribution in [3.05, 3.63) is 285 Å². The van der Waals surface area contributed by atoms with Crippen LogP contribution < -0.4 is 26.2 Å². The topological polar surface area (TPSA) is 63.2 Å². The third kappa shape index (κ3) is 7.43. The Morgan fingerprint density at radius 1 is 0.313 bits per heavy atom. The van der Waals surface area contributed by atoms with Gasteiger partial charge in [-0.3, -0.25) is 0 Å². The molecule has 2 aliphatic rings. The molecule has 0 radical (unpaired) electrons. The summed E-state index contributed by atoms with van der Waals surface area (Å²) in [7, 11) is 0. The number of rotatable bonds is 8. The third-order valence-corrected chi connectivity index (χ3v) is 16.8. The van der Waals surface area contributed by atoms with Crippen molar-refractivity contribution in [2.45, 2.75) is 0 Å². The van der Waals surface area contributed by atoms with Gasteiger partial charge in [-0.25, -0.2) is 15.0 Å². The van der Waals surface area contributed by atoms with Crippen LogP contribution in [0.3, 0.4) is 0 Å². The van der Waals surface area contributed by atoms with Crippen molar-refractivity contribution in [3.8, 4) is 62.1 Å². The normalized spacial score (nSPS) is 12.5. The van der Waals surface area contributed by atoms with Crippen molar-refractivity contribution >= 4 is 101 Å². The van der Waals surface area contributed by atoms with Gasteiger partial charge >= 0.3 is 0 Å². The number of para-hydroxylation sites is 5. The summed E-state index contributed by atoms with van der Waals surface area (Å²) >= 11 is 0. The standard InChI is InChI=1S/C75H47BN6O/c1-4-20-49(21-5-1)73-77-74(50-22-6-2-7-23-50)79-75(78-73)53-40-44-63(82-62-32-14-10-29-58(62)70-66(82)45-43-57-56-28-11-17-37-69(56)83-72(57)70)59(47-53)52-25-18-24-51(46-52)48-38-41-55(42-39-48)81-65-34-16-13-31-61(65)76-60-30-12-15-33-64(60)80(54-26-8-3-9-27-54)67-35-19-36-68(81)71(67)76/h1-47H. The van der Waals surface area contributed by atoms with Crippen LogP contribution >= 0.6 is 0 Å². The molecule has 12 aromatic carbocycles. The van der Waals surface area contributed by atoms with Crippen molar-refractivity contribution in [1.29, 1.82) is 0 Å². The summed E-state index contributed by atoms with van der Waals surface area (Å²) in [6, 6.07) is 102. The van der Waals surface area contributed by atoms with Crippen molar-refractivity contribution in [3.63, 3.8) is 0 Å². The highest BCUT2D eigenvalue weighted by atomic mass is 16.3. The van der Waals surface area contributed by atoms with Crippen molar-refractivity contribution in [2.24, 2.45) is 0 Å². The fraction of sp³-hybridized carbons (Fsp3) is 0. The molecule has 3 aromatic heterocycles. The summed E-state index contributed by atoms with van der Waals surface area (Å²) in [6.45, 7) is 0.0750. The summed E-state index contributed by atoms with van der Waals surface area (Å²) in [5.74, 6) is 1.82. The Morgan fingerprint density at radius 3 is 1.52 bits per heavy atom. The number of hydrogen-bond donors (Lipinski definition) is 0. The van der Waals surface area contributed by atoms with Gasteiger partial charge in [0, 0.05) is 72.5 Å². The molecule has 8 heteroatoms. The number of nitrogens with zero attached hydrogens (tertiary/aromatic N) is 6. The first-order valence-electron chi connectivity index (χ1n) is 28.2. The van der Waals surface area contributed by atoms with E-state index in [1.807, 2.05) is 42.5 Å². The molecule has 83 heavy (non-hydrogen) atoms. The highest BCUT2D eigenvalue weighted by Crippen LogP contribution is 2.46. The van der Waals surface area contributed by atoms with E-state index in [4.69, 9.17) is 19.4 Å². The fourth-order valence-corrected chi connectivity index (χ4v) is 13.2. The van der Waals surface area contributed by atoms with Gasteiger partial charge in [-0.05, 0) is 130 Å². The highest BCUT2D eigenvalue weighted by Gasteiger charge is 2.42. The predicted molar refractivity (Wildman–Crippen MR) is 343 cm³/mol. The van der Waals surface area contributed by atoms with Crippen LogP contribution in [-0.4, -0.2) is 26.2 Å². The molecule has 0 aliphatic carbocycles. The molecule has 2 aliphatic heterocycles. The van der Waals surface area contributed by atoms with Crippen LogP contribution in [0.4, 0.5) is 34.1 Å². The van der Waals surface area contributed by atoms with Crippen molar-refractivity contribution in [1.82, 2.24) is 19.5 Å². The quantitative estimate of drug-likeness (QED) is 0.141. The smallest absolute Gasteiger partial charge is 0.252 e. The number of benzene rings is 12. The second-order valence-corrected chi connectivity index (χ2v) is 21.5. The maximum Gasteiger partial charge on any atom is 0.252 e. The summed E-state index contributed by atoms with van der Waals surface area (Å²) < 4.78 is 9.17. The fourth-order valence-electron chi connectivity index (χ4n) is 13.2. The van der Waals surface area contributed by atoms with E-state index >= 15 is 0 Å². The molecule has 0 fully saturated rings. The Bertz CT molecular complexity index is 5000. The zero-order valence-corrected chi connectivity index (χ0v) is 44.8. The van der Waals surface area contributed by atoms with E-state index in [2.05, 4.69) is 257 Å². The van der Waals surface area contributed by atoms with Gasteiger partial charge in [0.25, 0.3) is 6.71 Å². The first-order valence-corrected chi connectivity index (χ1v) is 28.2. The molecule has 0 unspecified atom stereocenters. The SMILES string of the molecule is c1ccc(-c2nc(-c3ccccc3)nc(-c3ccc(-n4c5ccccc5c5c6oc7ccccc7c6ccc54)c(-c4cccc(-c5ccc(N6c7ccccc7B7c8ccccc8N(c8ccccc8)c8cccc6c87)cc5)c4)c3)n2)cc1. The van der Waals surface area contributed by atoms with Crippen LogP contribution in [-0.2, 0) is 0 Å². The number of fused-ring (bicyclic) bond motifs is 11. The van der Waals surface area contributed by atoms with Crippen LogP contribution in [0.2, 0.25) is 0 Å². The molecule has 7 nitrogen and oxygen atoms in total. The van der Waals surface area contributed by atoms with Gasteiger partial charge in [-0.1, -0.05) is 188 Å². The molecule has 5 heterocycles. The van der Waals surface area contributed by atoms with Gasteiger partial charge in [-0.15, -0.1) is 0 Å². The van der Waals surface area contributed by atoms with Crippen LogP contribution in [0.5, 0.6) is 0 Å². The summed E-state index contributed by atoms with van der Waals surface area (Å²) in [5, 5.41) is 4.40. The average Bonchev–Trinajstić information content (AvgIpc) is 2.72. The second-order valence-electron chi connectivity index (χ2n) is 21.5. The third-order valence-electron chi connectivity index (χ3n) is 16.8. The predicted octanol–water partition coefficient (Wildman–Crippen LogP) is 17.3. The number of aromatic nitrogens is 4. The Labute approximate surface area is 479 Å². The first kappa shape index (κ1) is 46.8. The molecule has 0 amide bonds. The lowest BCUT2D eigenvalue weighted by atomic mass is 9.33. The van der Waals surface area contributed by atoms with E-state index in [1.54, 1.807) is 0 Å². The maximum atomic E-state index is 6.77. The number of hydrogen-bond acceptors (Lipinski definition) is 6. The average molecular weight is 1060 g/mol. The molecule has 386 valence electrons. The Balaban J connectivity index is 0.825. The summed E-state index contributed by atoms with van der Waals surface area (Å²) in [5.41, 5.74) is 22.8. The van der Waals surface area contributed by atoms with Crippen LogP contribution in [0.25, 0.3) is 106 Å². The molecule has 0 spiro atoms. The van der Waals surface area contributed by atoms with Gasteiger partial charge < -0.3 is 18.8 Å². The second kappa shape index (κ2) is 18.8. The molecular weight excluding hydrogens is 1010 g/mol. The Morgan fingerprint density at radius 2 is 0.831 bits per heavy atom. The first-order chi connectivity index (χ1) is 41.2. The zero-order chi connectivity index (χ0) is 54.5. The Hall–Kier alpha value is -11.1. The molecule has 0 N–H and O–H groups in total. The van der Waals surface area contributed by atoms with E-state index in [0.29, 0.717) is 17.5 Å². The number of furan rings is 1. The molecule has 15 aromatic rings. The minimum Gasteiger partial charge on any atom is -0.455 e. The number of anilines is 6. The minimum atomic E-state index is 0.0750. The summed E-state index contributed by atoms with van der Waals surface area (Å²) in [6.07, 6.45) is 0. The van der Waals surface area contributed by atoms with Crippen LogP contribution in [0.1, 0.15) is 0 Å². The van der Waals surface area contributed by atoms with Crippen LogP contribution in [0.15, 0.2) is 290 Å². The van der Waals surface area contributed by atoms with Crippen molar-refractivity contribution < 1.29 is 4.42 Å². The van der Waals surface area contributed by atoms with Gasteiger partial charge in [0.15, 0.2) is 17.5 Å². The molecule has 0 atom stereocenters. The largest absolute Gasteiger partial charge is 0.455 e. The lowest BCUT2D eigenvalue weighted by Gasteiger charge is -2.44.